The van der Waals surface area contributed by atoms with Gasteiger partial charge in [-0.05, 0) is 19.8 Å². The van der Waals surface area contributed by atoms with E-state index in [0.29, 0.717) is 18.4 Å². The van der Waals surface area contributed by atoms with Crippen molar-refractivity contribution in [2.45, 2.75) is 45.2 Å². The van der Waals surface area contributed by atoms with Crippen LogP contribution in [0.25, 0.3) is 0 Å². The normalized spacial score (nSPS) is 21.3. The van der Waals surface area contributed by atoms with Gasteiger partial charge in [-0.2, -0.15) is 0 Å². The van der Waals surface area contributed by atoms with Crippen molar-refractivity contribution in [3.05, 3.63) is 17.6 Å². The fourth-order valence-electron chi connectivity index (χ4n) is 3.66. The number of aromatic nitrogens is 2. The van der Waals surface area contributed by atoms with E-state index in [2.05, 4.69) is 21.8 Å². The summed E-state index contributed by atoms with van der Waals surface area (Å²) < 4.78 is 0. The minimum Gasteiger partial charge on any atom is -0.362 e. The van der Waals surface area contributed by atoms with Crippen molar-refractivity contribution in [3.63, 3.8) is 0 Å². The highest BCUT2D eigenvalue weighted by Gasteiger charge is 2.26. The second kappa shape index (κ2) is 6.83. The lowest BCUT2D eigenvalue weighted by Crippen LogP contribution is -2.38. The molecule has 1 fully saturated rings. The van der Waals surface area contributed by atoms with E-state index in [1.54, 1.807) is 6.33 Å². The molecule has 0 bridgehead atoms. The van der Waals surface area contributed by atoms with Crippen LogP contribution in [0.2, 0.25) is 0 Å². The summed E-state index contributed by atoms with van der Waals surface area (Å²) in [5.74, 6) is 1.30. The maximum Gasteiger partial charge on any atom is 0.224 e. The molecule has 0 aromatic carbocycles. The molecule has 1 saturated heterocycles. The van der Waals surface area contributed by atoms with E-state index in [1.807, 2.05) is 23.9 Å². The Balaban J connectivity index is 1.60. The fourth-order valence-corrected chi connectivity index (χ4v) is 3.66. The van der Waals surface area contributed by atoms with Crippen LogP contribution in [0.5, 0.6) is 0 Å². The van der Waals surface area contributed by atoms with Gasteiger partial charge in [-0.3, -0.25) is 9.69 Å². The molecule has 1 atom stereocenters. The first kappa shape index (κ1) is 16.2. The van der Waals surface area contributed by atoms with Gasteiger partial charge in [0.2, 0.25) is 5.91 Å². The fraction of sp³-hybridized carbons (Fsp3) is 0.706. The van der Waals surface area contributed by atoms with Crippen molar-refractivity contribution in [1.82, 2.24) is 19.8 Å². The molecule has 1 aromatic heterocycles. The van der Waals surface area contributed by atoms with Crippen LogP contribution in [0.15, 0.2) is 6.33 Å². The minimum absolute atomic E-state index is 0.304. The van der Waals surface area contributed by atoms with E-state index >= 15 is 0 Å². The Morgan fingerprint density at radius 3 is 2.87 bits per heavy atom. The number of amides is 1. The Bertz CT molecular complexity index is 574. The maximum atomic E-state index is 12.4. The number of carbonyl (C=O) groups excluding carboxylic acids is 1. The van der Waals surface area contributed by atoms with Crippen LogP contribution in [-0.4, -0.2) is 65.4 Å². The van der Waals surface area contributed by atoms with Gasteiger partial charge in [0.25, 0.3) is 0 Å². The van der Waals surface area contributed by atoms with Crippen molar-refractivity contribution in [2.75, 3.05) is 38.6 Å². The van der Waals surface area contributed by atoms with Gasteiger partial charge in [0.05, 0.1) is 5.69 Å². The van der Waals surface area contributed by atoms with Crippen LogP contribution in [0, 0.1) is 0 Å². The summed E-state index contributed by atoms with van der Waals surface area (Å²) >= 11 is 0. The van der Waals surface area contributed by atoms with Crippen LogP contribution < -0.4 is 4.90 Å². The monoisotopic (exact) mass is 317 g/mol. The highest BCUT2D eigenvalue weighted by Crippen LogP contribution is 2.25. The average Bonchev–Trinajstić information content (AvgIpc) is 2.97. The van der Waals surface area contributed by atoms with E-state index in [9.17, 15) is 4.79 Å². The van der Waals surface area contributed by atoms with Gasteiger partial charge in [0.15, 0.2) is 0 Å². The molecular formula is C17H27N5O. The summed E-state index contributed by atoms with van der Waals surface area (Å²) in [5.41, 5.74) is 2.37. The Morgan fingerprint density at radius 2 is 2.17 bits per heavy atom. The van der Waals surface area contributed by atoms with Crippen LogP contribution in [0.4, 0.5) is 5.82 Å². The molecule has 6 nitrogen and oxygen atoms in total. The largest absolute Gasteiger partial charge is 0.362 e. The molecule has 0 aliphatic carbocycles. The second-order valence-electron chi connectivity index (χ2n) is 6.87. The van der Waals surface area contributed by atoms with Crippen LogP contribution in [-0.2, 0) is 17.8 Å². The number of carbonyl (C=O) groups is 1. The smallest absolute Gasteiger partial charge is 0.224 e. The van der Waals surface area contributed by atoms with E-state index in [4.69, 9.17) is 0 Å². The number of nitrogens with zero attached hydrogens (tertiary/aromatic N) is 5. The SMILES string of the molecule is CC1CCCN1C(=O)CCN1CCc2ncnc(N(C)C)c2C1. The molecule has 3 rings (SSSR count). The quantitative estimate of drug-likeness (QED) is 0.838. The van der Waals surface area contributed by atoms with E-state index < -0.39 is 0 Å². The van der Waals surface area contributed by atoms with Crippen LogP contribution >= 0.6 is 0 Å². The Morgan fingerprint density at radius 1 is 1.35 bits per heavy atom. The summed E-state index contributed by atoms with van der Waals surface area (Å²) in [6.07, 6.45) is 5.50. The Hall–Kier alpha value is -1.69. The number of anilines is 1. The van der Waals surface area contributed by atoms with Gasteiger partial charge in [0.1, 0.15) is 12.1 Å². The van der Waals surface area contributed by atoms with Gasteiger partial charge in [-0.25, -0.2) is 9.97 Å². The lowest BCUT2D eigenvalue weighted by atomic mass is 10.1. The van der Waals surface area contributed by atoms with E-state index in [0.717, 1.165) is 57.0 Å². The zero-order chi connectivity index (χ0) is 16.4. The predicted molar refractivity (Wildman–Crippen MR) is 90.4 cm³/mol. The summed E-state index contributed by atoms with van der Waals surface area (Å²) in [7, 11) is 4.03. The molecule has 2 aliphatic rings. The molecule has 0 radical (unpaired) electrons. The molecule has 0 spiro atoms. The van der Waals surface area contributed by atoms with E-state index in [-0.39, 0.29) is 0 Å². The van der Waals surface area contributed by atoms with Crippen LogP contribution in [0.3, 0.4) is 0 Å². The van der Waals surface area contributed by atoms with Crippen molar-refractivity contribution in [1.29, 1.82) is 0 Å². The molecule has 0 saturated carbocycles. The van der Waals surface area contributed by atoms with Crippen molar-refractivity contribution in [2.24, 2.45) is 0 Å². The van der Waals surface area contributed by atoms with Crippen LogP contribution in [0.1, 0.15) is 37.4 Å². The minimum atomic E-state index is 0.304. The van der Waals surface area contributed by atoms with Gasteiger partial charge < -0.3 is 9.80 Å². The standard InChI is InChI=1S/C17H27N5O/c1-13-5-4-8-22(13)16(23)7-10-21-9-6-15-14(11-21)17(20(2)3)19-12-18-15/h12-13H,4-11H2,1-3H3. The third-order valence-electron chi connectivity index (χ3n) is 5.00. The lowest BCUT2D eigenvalue weighted by Gasteiger charge is -2.31. The Labute approximate surface area is 138 Å². The predicted octanol–water partition coefficient (Wildman–Crippen LogP) is 1.30. The van der Waals surface area contributed by atoms with Gasteiger partial charge in [-0.1, -0.05) is 0 Å². The topological polar surface area (TPSA) is 52.6 Å². The van der Waals surface area contributed by atoms with Gasteiger partial charge in [0, 0.05) is 64.7 Å². The average molecular weight is 317 g/mol. The molecule has 1 amide bonds. The third-order valence-corrected chi connectivity index (χ3v) is 5.00. The molecule has 126 valence electrons. The van der Waals surface area contributed by atoms with E-state index in [1.165, 1.54) is 5.56 Å². The highest BCUT2D eigenvalue weighted by atomic mass is 16.2. The molecule has 1 unspecified atom stereocenters. The molecule has 23 heavy (non-hydrogen) atoms. The molecule has 0 N–H and O–H groups in total. The van der Waals surface area contributed by atoms with Crippen molar-refractivity contribution >= 4 is 11.7 Å². The number of rotatable bonds is 4. The lowest BCUT2D eigenvalue weighted by molar-refractivity contribution is -0.132. The third kappa shape index (κ3) is 3.47. The molecule has 1 aromatic rings. The molecule has 6 heteroatoms. The summed E-state index contributed by atoms with van der Waals surface area (Å²) in [5, 5.41) is 0. The Kier molecular flexibility index (Phi) is 4.80. The number of fused-ring (bicyclic) bond motifs is 1. The molecule has 3 heterocycles. The number of hydrogen-bond acceptors (Lipinski definition) is 5. The molecule has 2 aliphatic heterocycles. The van der Waals surface area contributed by atoms with Crippen molar-refractivity contribution in [3.8, 4) is 0 Å². The first-order chi connectivity index (χ1) is 11.1. The summed E-state index contributed by atoms with van der Waals surface area (Å²) in [6, 6.07) is 0.415. The maximum absolute atomic E-state index is 12.4. The van der Waals surface area contributed by atoms with Gasteiger partial charge >= 0.3 is 0 Å². The summed E-state index contributed by atoms with van der Waals surface area (Å²) in [4.78, 5) is 27.7. The zero-order valence-corrected chi connectivity index (χ0v) is 14.5. The first-order valence-electron chi connectivity index (χ1n) is 8.58. The van der Waals surface area contributed by atoms with Gasteiger partial charge in [-0.15, -0.1) is 0 Å². The number of likely N-dealkylation sites (tertiary alicyclic amines) is 1. The zero-order valence-electron chi connectivity index (χ0n) is 14.5. The molecular weight excluding hydrogens is 290 g/mol. The number of hydrogen-bond donors (Lipinski definition) is 0. The highest BCUT2D eigenvalue weighted by molar-refractivity contribution is 5.77. The second-order valence-corrected chi connectivity index (χ2v) is 6.87. The first-order valence-corrected chi connectivity index (χ1v) is 8.58. The van der Waals surface area contributed by atoms with Crippen molar-refractivity contribution < 1.29 is 4.79 Å². The summed E-state index contributed by atoms with van der Waals surface area (Å²) in [6.45, 7) is 5.72.